The van der Waals surface area contributed by atoms with Crippen molar-refractivity contribution >= 4 is 98.0 Å². The summed E-state index contributed by atoms with van der Waals surface area (Å²) < 4.78 is 2.66. The van der Waals surface area contributed by atoms with Gasteiger partial charge in [-0.2, -0.15) is 0 Å². The van der Waals surface area contributed by atoms with Crippen molar-refractivity contribution < 1.29 is 0 Å². The standard InChI is InChI=1S/C51H36N2S/c1-51(2)44-19-9-10-20-47(44)53(48-32-50-43(31-45(48)51)42-18-8-11-22-49(42)54-50)40-26-24-35-27-36-29-39(25-23-34(36)28-37(35)30-40)52(38-15-4-3-5-16-38)46-21-12-14-33-13-6-7-17-41(33)46/h3-32H,1-2H3. The summed E-state index contributed by atoms with van der Waals surface area (Å²) in [5.74, 6) is 0. The lowest BCUT2D eigenvalue weighted by molar-refractivity contribution is 0.633. The van der Waals surface area contributed by atoms with E-state index in [2.05, 4.69) is 206 Å². The molecule has 3 heteroatoms. The van der Waals surface area contributed by atoms with Crippen molar-refractivity contribution in [2.45, 2.75) is 19.3 Å². The van der Waals surface area contributed by atoms with Crippen molar-refractivity contribution in [2.24, 2.45) is 0 Å². The van der Waals surface area contributed by atoms with Crippen molar-refractivity contribution in [1.29, 1.82) is 0 Å². The molecule has 0 N–H and O–H groups in total. The average Bonchev–Trinajstić information content (AvgIpc) is 3.58. The Morgan fingerprint density at radius 3 is 2.00 bits per heavy atom. The maximum absolute atomic E-state index is 2.49. The minimum absolute atomic E-state index is 0.149. The van der Waals surface area contributed by atoms with Gasteiger partial charge in [-0.1, -0.05) is 117 Å². The van der Waals surface area contributed by atoms with Crippen LogP contribution in [0.3, 0.4) is 0 Å². The number of hydrogen-bond acceptors (Lipinski definition) is 3. The van der Waals surface area contributed by atoms with Crippen LogP contribution in [0.25, 0.3) is 52.5 Å². The van der Waals surface area contributed by atoms with Gasteiger partial charge in [0.1, 0.15) is 0 Å². The Labute approximate surface area is 318 Å². The molecule has 0 fully saturated rings. The smallest absolute Gasteiger partial charge is 0.0540 e. The number of nitrogens with zero attached hydrogens (tertiary/aromatic N) is 2. The van der Waals surface area contributed by atoms with Gasteiger partial charge in [-0.05, 0) is 117 Å². The fourth-order valence-corrected chi connectivity index (χ4v) is 9.98. The largest absolute Gasteiger partial charge is 0.310 e. The highest BCUT2D eigenvalue weighted by Crippen LogP contribution is 2.54. The molecule has 2 heterocycles. The molecule has 0 spiro atoms. The second-order valence-corrected chi connectivity index (χ2v) is 16.1. The van der Waals surface area contributed by atoms with Crippen LogP contribution in [-0.4, -0.2) is 0 Å². The zero-order valence-electron chi connectivity index (χ0n) is 30.1. The number of fused-ring (bicyclic) bond motifs is 8. The molecule has 0 saturated heterocycles. The van der Waals surface area contributed by atoms with E-state index in [0.717, 1.165) is 11.4 Å². The molecule has 1 aliphatic rings. The number of thiophene rings is 1. The molecule has 9 aromatic carbocycles. The van der Waals surface area contributed by atoms with Gasteiger partial charge >= 0.3 is 0 Å². The van der Waals surface area contributed by atoms with Gasteiger partial charge in [-0.3, -0.25) is 0 Å². The summed E-state index contributed by atoms with van der Waals surface area (Å²) in [5, 5.41) is 10.0. The second-order valence-electron chi connectivity index (χ2n) is 15.0. The van der Waals surface area contributed by atoms with E-state index in [-0.39, 0.29) is 5.41 Å². The van der Waals surface area contributed by atoms with Crippen LogP contribution in [0, 0.1) is 0 Å². The summed E-state index contributed by atoms with van der Waals surface area (Å²) in [6.45, 7) is 4.75. The van der Waals surface area contributed by atoms with Crippen molar-refractivity contribution in [1.82, 2.24) is 0 Å². The van der Waals surface area contributed by atoms with E-state index in [1.165, 1.54) is 86.4 Å². The van der Waals surface area contributed by atoms with Gasteiger partial charge in [0.15, 0.2) is 0 Å². The van der Waals surface area contributed by atoms with E-state index >= 15 is 0 Å². The molecule has 2 nitrogen and oxygen atoms in total. The number of hydrogen-bond donors (Lipinski definition) is 0. The summed E-state index contributed by atoms with van der Waals surface area (Å²) in [6.07, 6.45) is 0. The fraction of sp³-hybridized carbons (Fsp3) is 0.0588. The van der Waals surface area contributed by atoms with E-state index in [1.54, 1.807) is 0 Å². The van der Waals surface area contributed by atoms with Gasteiger partial charge in [0, 0.05) is 48.0 Å². The summed E-state index contributed by atoms with van der Waals surface area (Å²) in [7, 11) is 0. The SMILES string of the molecule is CC1(C)c2ccccc2N(c2ccc3cc4cc(N(c5ccccc5)c5cccc6ccccc56)ccc4cc3c2)c2cc3sc4ccccc4c3cc21. The van der Waals surface area contributed by atoms with Crippen LogP contribution < -0.4 is 9.80 Å². The number of anilines is 6. The van der Waals surface area contributed by atoms with Crippen LogP contribution in [0.1, 0.15) is 25.0 Å². The van der Waals surface area contributed by atoms with Gasteiger partial charge in [0.25, 0.3) is 0 Å². The zero-order valence-corrected chi connectivity index (χ0v) is 30.9. The first kappa shape index (κ1) is 31.1. The Bertz CT molecular complexity index is 3100. The van der Waals surface area contributed by atoms with Crippen molar-refractivity contribution in [3.05, 3.63) is 193 Å². The number of para-hydroxylation sites is 2. The summed E-state index contributed by atoms with van der Waals surface area (Å²) >= 11 is 1.89. The van der Waals surface area contributed by atoms with Gasteiger partial charge < -0.3 is 9.80 Å². The maximum Gasteiger partial charge on any atom is 0.0540 e. The first-order chi connectivity index (χ1) is 26.5. The summed E-state index contributed by atoms with van der Waals surface area (Å²) in [6, 6.07) is 67.2. The molecule has 0 aliphatic carbocycles. The van der Waals surface area contributed by atoms with Gasteiger partial charge in [0.05, 0.1) is 17.1 Å². The molecule has 256 valence electrons. The fourth-order valence-electron chi connectivity index (χ4n) is 8.85. The predicted octanol–water partition coefficient (Wildman–Crippen LogP) is 15.1. The molecule has 10 aromatic rings. The topological polar surface area (TPSA) is 6.48 Å². The number of benzene rings is 9. The molecule has 0 bridgehead atoms. The Balaban J connectivity index is 1.06. The van der Waals surface area contributed by atoms with Crippen LogP contribution in [0.2, 0.25) is 0 Å². The van der Waals surface area contributed by atoms with E-state index in [0.29, 0.717) is 0 Å². The first-order valence-corrected chi connectivity index (χ1v) is 19.5. The molecule has 0 amide bonds. The van der Waals surface area contributed by atoms with Crippen molar-refractivity contribution in [3.63, 3.8) is 0 Å². The molecule has 0 unspecified atom stereocenters. The minimum atomic E-state index is -0.149. The lowest BCUT2D eigenvalue weighted by Gasteiger charge is -2.42. The predicted molar refractivity (Wildman–Crippen MR) is 233 cm³/mol. The van der Waals surface area contributed by atoms with Gasteiger partial charge in [-0.15, -0.1) is 11.3 Å². The Morgan fingerprint density at radius 1 is 0.426 bits per heavy atom. The van der Waals surface area contributed by atoms with E-state index in [1.807, 2.05) is 11.3 Å². The second kappa shape index (κ2) is 11.8. The van der Waals surface area contributed by atoms with Gasteiger partial charge in [0.2, 0.25) is 0 Å². The van der Waals surface area contributed by atoms with E-state index in [4.69, 9.17) is 0 Å². The third-order valence-corrected chi connectivity index (χ3v) is 12.7. The van der Waals surface area contributed by atoms with E-state index < -0.39 is 0 Å². The van der Waals surface area contributed by atoms with Crippen LogP contribution >= 0.6 is 11.3 Å². The molecular formula is C51H36N2S. The minimum Gasteiger partial charge on any atom is -0.310 e. The molecule has 54 heavy (non-hydrogen) atoms. The number of rotatable bonds is 4. The molecule has 0 radical (unpaired) electrons. The van der Waals surface area contributed by atoms with Crippen LogP contribution in [0.5, 0.6) is 0 Å². The Morgan fingerprint density at radius 2 is 1.13 bits per heavy atom. The van der Waals surface area contributed by atoms with Crippen LogP contribution in [0.4, 0.5) is 34.1 Å². The highest BCUT2D eigenvalue weighted by atomic mass is 32.1. The quantitative estimate of drug-likeness (QED) is 0.168. The average molecular weight is 709 g/mol. The normalized spacial score (nSPS) is 13.5. The molecular weight excluding hydrogens is 673 g/mol. The molecule has 0 atom stereocenters. The maximum atomic E-state index is 2.49. The molecule has 0 saturated carbocycles. The Kier molecular flexibility index (Phi) is 6.80. The third kappa shape index (κ3) is 4.72. The lowest BCUT2D eigenvalue weighted by atomic mass is 9.73. The lowest BCUT2D eigenvalue weighted by Crippen LogP contribution is -2.30. The third-order valence-electron chi connectivity index (χ3n) is 11.5. The monoisotopic (exact) mass is 708 g/mol. The highest BCUT2D eigenvalue weighted by Gasteiger charge is 2.37. The molecule has 1 aromatic heterocycles. The molecule has 1 aliphatic heterocycles. The van der Waals surface area contributed by atoms with Crippen LogP contribution in [-0.2, 0) is 5.41 Å². The summed E-state index contributed by atoms with van der Waals surface area (Å²) in [5.41, 5.74) is 9.68. The van der Waals surface area contributed by atoms with Gasteiger partial charge in [-0.25, -0.2) is 0 Å². The van der Waals surface area contributed by atoms with Crippen LogP contribution in [0.15, 0.2) is 182 Å². The highest BCUT2D eigenvalue weighted by molar-refractivity contribution is 7.25. The van der Waals surface area contributed by atoms with Crippen molar-refractivity contribution in [3.8, 4) is 0 Å². The van der Waals surface area contributed by atoms with E-state index in [9.17, 15) is 0 Å². The summed E-state index contributed by atoms with van der Waals surface area (Å²) in [4.78, 5) is 4.88. The first-order valence-electron chi connectivity index (χ1n) is 18.7. The zero-order chi connectivity index (χ0) is 36.0. The van der Waals surface area contributed by atoms with Crippen molar-refractivity contribution in [2.75, 3.05) is 9.80 Å². The Hall–Kier alpha value is -6.42. The molecule has 11 rings (SSSR count).